The lowest BCUT2D eigenvalue weighted by molar-refractivity contribution is -0.385. The number of rotatable bonds is 7. The third-order valence-electron chi connectivity index (χ3n) is 4.61. The fraction of sp³-hybridized carbons (Fsp3) is 0.136. The maximum atomic E-state index is 12.5. The number of carbonyl (C=O) groups excluding carboxylic acids is 3. The number of para-hydroxylation sites is 2. The summed E-state index contributed by atoms with van der Waals surface area (Å²) in [6, 6.07) is 12.7. The normalized spacial score (nSPS) is 14.9. The number of carbonyl (C=O) groups is 3. The molecule has 0 aromatic heterocycles. The van der Waals surface area contributed by atoms with E-state index in [2.05, 4.69) is 10.6 Å². The number of urea groups is 1. The van der Waals surface area contributed by atoms with Crippen molar-refractivity contribution in [2.75, 3.05) is 11.9 Å². The molecule has 3 rings (SSSR count). The lowest BCUT2D eigenvalue weighted by Gasteiger charge is -2.13. The van der Waals surface area contributed by atoms with E-state index >= 15 is 0 Å². The number of benzene rings is 2. The Hall–Kier alpha value is -4.27. The van der Waals surface area contributed by atoms with Crippen molar-refractivity contribution in [3.8, 4) is 0 Å². The van der Waals surface area contributed by atoms with Crippen molar-refractivity contribution in [2.24, 2.45) is 0 Å². The van der Waals surface area contributed by atoms with Gasteiger partial charge in [-0.2, -0.15) is 0 Å². The minimum atomic E-state index is -0.714. The summed E-state index contributed by atoms with van der Waals surface area (Å²) in [6.07, 6.45) is 4.94. The molecule has 4 amide bonds. The van der Waals surface area contributed by atoms with Crippen molar-refractivity contribution in [1.29, 1.82) is 0 Å². The molecule has 2 N–H and O–H groups in total. The first-order valence-corrected chi connectivity index (χ1v) is 9.53. The summed E-state index contributed by atoms with van der Waals surface area (Å²) in [7, 11) is 0. The van der Waals surface area contributed by atoms with Gasteiger partial charge in [0, 0.05) is 11.8 Å². The van der Waals surface area contributed by atoms with E-state index in [-0.39, 0.29) is 11.4 Å². The van der Waals surface area contributed by atoms with Gasteiger partial charge in [0.05, 0.1) is 10.5 Å². The van der Waals surface area contributed by atoms with Crippen LogP contribution >= 0.6 is 0 Å². The molecule has 2 aromatic carbocycles. The van der Waals surface area contributed by atoms with E-state index in [9.17, 15) is 24.5 Å². The highest BCUT2D eigenvalue weighted by atomic mass is 16.6. The van der Waals surface area contributed by atoms with Gasteiger partial charge < -0.3 is 10.6 Å². The summed E-state index contributed by atoms with van der Waals surface area (Å²) in [5.41, 5.74) is 1.82. The van der Waals surface area contributed by atoms with E-state index in [4.69, 9.17) is 0 Å². The second-order valence-corrected chi connectivity index (χ2v) is 6.64. The largest absolute Gasteiger partial charge is 0.329 e. The molecule has 158 valence electrons. The van der Waals surface area contributed by atoms with Gasteiger partial charge in [0.1, 0.15) is 12.2 Å². The Morgan fingerprint density at radius 3 is 2.61 bits per heavy atom. The minimum absolute atomic E-state index is 0.0263. The van der Waals surface area contributed by atoms with Gasteiger partial charge in [0.2, 0.25) is 5.91 Å². The van der Waals surface area contributed by atoms with Crippen LogP contribution in [0.2, 0.25) is 0 Å². The Morgan fingerprint density at radius 2 is 1.87 bits per heavy atom. The molecule has 1 heterocycles. The number of anilines is 1. The van der Waals surface area contributed by atoms with Crippen molar-refractivity contribution in [1.82, 2.24) is 10.2 Å². The molecule has 0 aliphatic carbocycles. The van der Waals surface area contributed by atoms with Crippen LogP contribution in [0, 0.1) is 10.1 Å². The zero-order chi connectivity index (χ0) is 22.4. The second kappa shape index (κ2) is 9.49. The molecule has 1 fully saturated rings. The molecule has 9 heteroatoms. The molecule has 0 atom stereocenters. The van der Waals surface area contributed by atoms with Gasteiger partial charge in [-0.05, 0) is 36.3 Å². The molecule has 0 unspecified atom stereocenters. The molecule has 0 spiro atoms. The first kappa shape index (κ1) is 21.4. The molecular formula is C22H20N4O5. The number of allylic oxidation sites excluding steroid dienone is 2. The van der Waals surface area contributed by atoms with Gasteiger partial charge in [0.25, 0.3) is 11.6 Å². The standard InChI is InChI=1S/C22H20N4O5/c1-2-15-8-3-5-11-17(15)23-20(27)14-25-21(28)18(24-22(25)29)12-7-10-16-9-4-6-13-19(16)26(30)31/h3-13H,2,14H2,1H3,(H,23,27)(H,24,29)/b10-7+,18-12+. The van der Waals surface area contributed by atoms with Crippen LogP contribution in [0.5, 0.6) is 0 Å². The highest BCUT2D eigenvalue weighted by Crippen LogP contribution is 2.20. The van der Waals surface area contributed by atoms with Gasteiger partial charge in [-0.1, -0.05) is 43.3 Å². The molecule has 0 saturated carbocycles. The third kappa shape index (κ3) is 5.02. The fourth-order valence-corrected chi connectivity index (χ4v) is 3.06. The van der Waals surface area contributed by atoms with Crippen molar-refractivity contribution < 1.29 is 19.3 Å². The van der Waals surface area contributed by atoms with Crippen LogP contribution in [0.25, 0.3) is 6.08 Å². The van der Waals surface area contributed by atoms with Crippen molar-refractivity contribution in [2.45, 2.75) is 13.3 Å². The average Bonchev–Trinajstić information content (AvgIpc) is 3.02. The van der Waals surface area contributed by atoms with Gasteiger partial charge >= 0.3 is 6.03 Å². The Kier molecular flexibility index (Phi) is 6.56. The van der Waals surface area contributed by atoms with Crippen LogP contribution in [0.4, 0.5) is 16.2 Å². The van der Waals surface area contributed by atoms with E-state index in [1.807, 2.05) is 19.1 Å². The number of imide groups is 1. The first-order valence-electron chi connectivity index (χ1n) is 9.53. The Morgan fingerprint density at radius 1 is 1.16 bits per heavy atom. The van der Waals surface area contributed by atoms with Gasteiger partial charge in [0.15, 0.2) is 0 Å². The summed E-state index contributed by atoms with van der Waals surface area (Å²) in [4.78, 5) is 48.3. The molecule has 1 aliphatic heterocycles. The smallest absolute Gasteiger partial charge is 0.324 e. The van der Waals surface area contributed by atoms with Crippen LogP contribution in [0.15, 0.2) is 66.4 Å². The number of nitro groups is 1. The molecule has 1 aliphatic rings. The summed E-state index contributed by atoms with van der Waals surface area (Å²) >= 11 is 0. The molecular weight excluding hydrogens is 400 g/mol. The predicted molar refractivity (Wildman–Crippen MR) is 115 cm³/mol. The summed E-state index contributed by atoms with van der Waals surface area (Å²) < 4.78 is 0. The third-order valence-corrected chi connectivity index (χ3v) is 4.61. The van der Waals surface area contributed by atoms with Gasteiger partial charge in [-0.25, -0.2) is 9.69 Å². The van der Waals surface area contributed by atoms with Crippen LogP contribution in [-0.4, -0.2) is 34.2 Å². The highest BCUT2D eigenvalue weighted by molar-refractivity contribution is 6.14. The predicted octanol–water partition coefficient (Wildman–Crippen LogP) is 3.24. The molecule has 9 nitrogen and oxygen atoms in total. The van der Waals surface area contributed by atoms with E-state index in [0.29, 0.717) is 11.3 Å². The monoisotopic (exact) mass is 420 g/mol. The Labute approximate surface area is 178 Å². The lowest BCUT2D eigenvalue weighted by atomic mass is 10.1. The van der Waals surface area contributed by atoms with Crippen LogP contribution < -0.4 is 10.6 Å². The average molecular weight is 420 g/mol. The number of aryl methyl sites for hydroxylation is 1. The molecule has 31 heavy (non-hydrogen) atoms. The molecule has 0 bridgehead atoms. The van der Waals surface area contributed by atoms with Crippen LogP contribution in [0.1, 0.15) is 18.1 Å². The zero-order valence-electron chi connectivity index (χ0n) is 16.7. The van der Waals surface area contributed by atoms with Crippen LogP contribution in [0.3, 0.4) is 0 Å². The molecule has 2 aromatic rings. The summed E-state index contributed by atoms with van der Waals surface area (Å²) in [6.45, 7) is 1.52. The number of nitro benzene ring substituents is 1. The lowest BCUT2D eigenvalue weighted by Crippen LogP contribution is -2.38. The Balaban J connectivity index is 1.68. The van der Waals surface area contributed by atoms with Crippen molar-refractivity contribution in [3.05, 3.63) is 87.6 Å². The van der Waals surface area contributed by atoms with Crippen molar-refractivity contribution in [3.63, 3.8) is 0 Å². The van der Waals surface area contributed by atoms with E-state index in [0.717, 1.165) is 16.9 Å². The highest BCUT2D eigenvalue weighted by Gasteiger charge is 2.34. The maximum absolute atomic E-state index is 12.5. The zero-order valence-corrected chi connectivity index (χ0v) is 16.7. The van der Waals surface area contributed by atoms with E-state index in [1.165, 1.54) is 24.3 Å². The fourth-order valence-electron chi connectivity index (χ4n) is 3.06. The quantitative estimate of drug-likeness (QED) is 0.308. The summed E-state index contributed by atoms with van der Waals surface area (Å²) in [5, 5.41) is 16.2. The minimum Gasteiger partial charge on any atom is -0.324 e. The maximum Gasteiger partial charge on any atom is 0.329 e. The molecule has 1 saturated heterocycles. The number of nitrogens with one attached hydrogen (secondary N) is 2. The number of nitrogens with zero attached hydrogens (tertiary/aromatic N) is 2. The molecule has 0 radical (unpaired) electrons. The SMILES string of the molecule is CCc1ccccc1NC(=O)CN1C(=O)N/C(=C/C=C/c2ccccc2[N+](=O)[O-])C1=O. The van der Waals surface area contributed by atoms with Crippen LogP contribution in [-0.2, 0) is 16.0 Å². The van der Waals surface area contributed by atoms with E-state index < -0.39 is 29.3 Å². The van der Waals surface area contributed by atoms with Gasteiger partial charge in [-0.15, -0.1) is 0 Å². The number of hydrogen-bond acceptors (Lipinski definition) is 5. The number of hydrogen-bond donors (Lipinski definition) is 2. The first-order chi connectivity index (χ1) is 14.9. The topological polar surface area (TPSA) is 122 Å². The van der Waals surface area contributed by atoms with Gasteiger partial charge in [-0.3, -0.25) is 19.7 Å². The Bertz CT molecular complexity index is 1110. The summed E-state index contributed by atoms with van der Waals surface area (Å²) in [5.74, 6) is -1.16. The second-order valence-electron chi connectivity index (χ2n) is 6.64. The van der Waals surface area contributed by atoms with E-state index in [1.54, 1.807) is 30.3 Å². The van der Waals surface area contributed by atoms with Crippen molar-refractivity contribution >= 4 is 35.3 Å². The number of amides is 4.